The van der Waals surface area contributed by atoms with Gasteiger partial charge in [0.25, 0.3) is 0 Å². The Balaban J connectivity index is 1.65. The first kappa shape index (κ1) is 16.5. The Hall–Kier alpha value is -0.850. The molecule has 1 aromatic carbocycles. The second kappa shape index (κ2) is 8.56. The predicted molar refractivity (Wildman–Crippen MR) is 82.9 cm³/mol. The van der Waals surface area contributed by atoms with Crippen molar-refractivity contribution in [3.63, 3.8) is 0 Å². The van der Waals surface area contributed by atoms with E-state index in [0.717, 1.165) is 32.7 Å². The minimum Gasteiger partial charge on any atom is -0.491 e. The van der Waals surface area contributed by atoms with Gasteiger partial charge < -0.3 is 14.9 Å². The molecule has 1 heterocycles. The lowest BCUT2D eigenvalue weighted by Crippen LogP contribution is -2.49. The predicted octanol–water partition coefficient (Wildman–Crippen LogP) is 0.690. The summed E-state index contributed by atoms with van der Waals surface area (Å²) >= 11 is 5.81. The molecule has 0 saturated carbocycles. The summed E-state index contributed by atoms with van der Waals surface area (Å²) in [6.07, 6.45) is -0.509. The molecule has 0 aliphatic carbocycles. The van der Waals surface area contributed by atoms with Gasteiger partial charge in [-0.05, 0) is 24.3 Å². The molecule has 21 heavy (non-hydrogen) atoms. The fraction of sp³-hybridized carbons (Fsp3) is 0.600. The van der Waals surface area contributed by atoms with Gasteiger partial charge in [-0.2, -0.15) is 0 Å². The number of piperazine rings is 1. The average Bonchev–Trinajstić information content (AvgIpc) is 2.49. The summed E-state index contributed by atoms with van der Waals surface area (Å²) in [5.74, 6) is 0.714. The molecule has 1 aliphatic rings. The van der Waals surface area contributed by atoms with Crippen LogP contribution < -0.4 is 4.74 Å². The SMILES string of the molecule is OCCN1CCN(C[C@@H](O)COc2ccc(Cl)cc2)CC1. The molecule has 0 spiro atoms. The van der Waals surface area contributed by atoms with Gasteiger partial charge in [-0.15, -0.1) is 0 Å². The van der Waals surface area contributed by atoms with Crippen LogP contribution in [0.4, 0.5) is 0 Å². The molecule has 0 bridgehead atoms. The number of aliphatic hydroxyl groups is 2. The zero-order chi connectivity index (χ0) is 15.1. The molecule has 1 aliphatic heterocycles. The van der Waals surface area contributed by atoms with Crippen LogP contribution in [0.3, 0.4) is 0 Å². The second-order valence-corrected chi connectivity index (χ2v) is 5.72. The van der Waals surface area contributed by atoms with Crippen LogP contribution in [0.25, 0.3) is 0 Å². The molecule has 1 fully saturated rings. The quantitative estimate of drug-likeness (QED) is 0.775. The number of halogens is 1. The minimum atomic E-state index is -0.509. The first-order chi connectivity index (χ1) is 10.2. The van der Waals surface area contributed by atoms with Crippen LogP contribution in [0.1, 0.15) is 0 Å². The highest BCUT2D eigenvalue weighted by Gasteiger charge is 2.18. The number of benzene rings is 1. The number of rotatable bonds is 7. The van der Waals surface area contributed by atoms with Gasteiger partial charge in [-0.25, -0.2) is 0 Å². The van der Waals surface area contributed by atoms with Gasteiger partial charge >= 0.3 is 0 Å². The monoisotopic (exact) mass is 314 g/mol. The molecule has 5 nitrogen and oxygen atoms in total. The zero-order valence-electron chi connectivity index (χ0n) is 12.1. The topological polar surface area (TPSA) is 56.2 Å². The Kier molecular flexibility index (Phi) is 6.73. The number of nitrogens with zero attached hydrogens (tertiary/aromatic N) is 2. The number of ether oxygens (including phenoxy) is 1. The summed E-state index contributed by atoms with van der Waals surface area (Å²) in [6, 6.07) is 7.12. The van der Waals surface area contributed by atoms with E-state index in [1.54, 1.807) is 24.3 Å². The molecule has 0 amide bonds. The van der Waals surface area contributed by atoms with Crippen molar-refractivity contribution in [3.05, 3.63) is 29.3 Å². The van der Waals surface area contributed by atoms with E-state index in [4.69, 9.17) is 21.4 Å². The highest BCUT2D eigenvalue weighted by atomic mass is 35.5. The Labute approximate surface area is 130 Å². The van der Waals surface area contributed by atoms with E-state index < -0.39 is 6.10 Å². The fourth-order valence-electron chi connectivity index (χ4n) is 2.41. The largest absolute Gasteiger partial charge is 0.491 e. The Morgan fingerprint density at radius 2 is 1.71 bits per heavy atom. The standard InChI is InChI=1S/C15H23ClN2O3/c16-13-1-3-15(4-2-13)21-12-14(20)11-18-7-5-17(6-8-18)9-10-19/h1-4,14,19-20H,5-12H2/t14-/m1/s1. The van der Waals surface area contributed by atoms with Crippen LogP contribution in [0.2, 0.25) is 5.02 Å². The lowest BCUT2D eigenvalue weighted by atomic mass is 10.2. The van der Waals surface area contributed by atoms with E-state index in [-0.39, 0.29) is 13.2 Å². The smallest absolute Gasteiger partial charge is 0.119 e. The zero-order valence-corrected chi connectivity index (χ0v) is 12.9. The molecule has 1 aromatic rings. The van der Waals surface area contributed by atoms with Gasteiger partial charge in [0.1, 0.15) is 18.5 Å². The Morgan fingerprint density at radius 3 is 2.33 bits per heavy atom. The normalized spacial score (nSPS) is 18.6. The van der Waals surface area contributed by atoms with Crippen molar-refractivity contribution in [1.82, 2.24) is 9.80 Å². The summed E-state index contributed by atoms with van der Waals surface area (Å²) < 4.78 is 5.55. The summed E-state index contributed by atoms with van der Waals surface area (Å²) in [4.78, 5) is 4.46. The highest BCUT2D eigenvalue weighted by Crippen LogP contribution is 2.15. The van der Waals surface area contributed by atoms with Gasteiger partial charge in [0.2, 0.25) is 0 Å². The first-order valence-electron chi connectivity index (χ1n) is 7.29. The average molecular weight is 315 g/mol. The van der Waals surface area contributed by atoms with Crippen molar-refractivity contribution in [3.8, 4) is 5.75 Å². The lowest BCUT2D eigenvalue weighted by Gasteiger charge is -2.35. The van der Waals surface area contributed by atoms with Crippen LogP contribution in [0.15, 0.2) is 24.3 Å². The van der Waals surface area contributed by atoms with Gasteiger partial charge in [0.05, 0.1) is 6.61 Å². The maximum absolute atomic E-state index is 10.0. The van der Waals surface area contributed by atoms with E-state index >= 15 is 0 Å². The number of β-amino-alcohol motifs (C(OH)–C–C–N with tert-alkyl or cyclic N) is 2. The van der Waals surface area contributed by atoms with E-state index in [0.29, 0.717) is 17.3 Å². The third-order valence-corrected chi connectivity index (χ3v) is 3.86. The molecule has 1 saturated heterocycles. The van der Waals surface area contributed by atoms with Crippen LogP contribution in [-0.4, -0.2) is 78.6 Å². The molecule has 1 atom stereocenters. The highest BCUT2D eigenvalue weighted by molar-refractivity contribution is 6.30. The maximum atomic E-state index is 10.0. The number of aliphatic hydroxyl groups excluding tert-OH is 2. The fourth-order valence-corrected chi connectivity index (χ4v) is 2.54. The van der Waals surface area contributed by atoms with Crippen molar-refractivity contribution in [2.45, 2.75) is 6.10 Å². The summed E-state index contributed by atoms with van der Waals surface area (Å²) in [5.41, 5.74) is 0. The lowest BCUT2D eigenvalue weighted by molar-refractivity contribution is 0.0428. The summed E-state index contributed by atoms with van der Waals surface area (Å²) in [5, 5.41) is 19.6. The third kappa shape index (κ3) is 5.80. The van der Waals surface area contributed by atoms with E-state index in [1.165, 1.54) is 0 Å². The molecular weight excluding hydrogens is 292 g/mol. The molecule has 6 heteroatoms. The molecule has 0 radical (unpaired) electrons. The molecule has 118 valence electrons. The Bertz CT molecular complexity index is 408. The van der Waals surface area contributed by atoms with Crippen molar-refractivity contribution >= 4 is 11.6 Å². The molecular formula is C15H23ClN2O3. The van der Waals surface area contributed by atoms with E-state index in [1.807, 2.05) is 0 Å². The van der Waals surface area contributed by atoms with Crippen molar-refractivity contribution in [2.24, 2.45) is 0 Å². The van der Waals surface area contributed by atoms with E-state index in [2.05, 4.69) is 9.80 Å². The molecule has 2 rings (SSSR count). The van der Waals surface area contributed by atoms with Crippen LogP contribution in [-0.2, 0) is 0 Å². The minimum absolute atomic E-state index is 0.206. The Morgan fingerprint density at radius 1 is 1.10 bits per heavy atom. The van der Waals surface area contributed by atoms with Crippen LogP contribution in [0, 0.1) is 0 Å². The molecule has 2 N–H and O–H groups in total. The number of hydrogen-bond acceptors (Lipinski definition) is 5. The van der Waals surface area contributed by atoms with Gasteiger partial charge in [-0.3, -0.25) is 9.80 Å². The maximum Gasteiger partial charge on any atom is 0.119 e. The van der Waals surface area contributed by atoms with Gasteiger partial charge in [-0.1, -0.05) is 11.6 Å². The van der Waals surface area contributed by atoms with Crippen LogP contribution in [0.5, 0.6) is 5.75 Å². The first-order valence-corrected chi connectivity index (χ1v) is 7.67. The molecule has 0 unspecified atom stereocenters. The summed E-state index contributed by atoms with van der Waals surface area (Å²) in [6.45, 7) is 5.53. The van der Waals surface area contributed by atoms with Crippen molar-refractivity contribution in [1.29, 1.82) is 0 Å². The van der Waals surface area contributed by atoms with Crippen molar-refractivity contribution in [2.75, 3.05) is 52.5 Å². The van der Waals surface area contributed by atoms with Crippen molar-refractivity contribution < 1.29 is 14.9 Å². The third-order valence-electron chi connectivity index (χ3n) is 3.61. The van der Waals surface area contributed by atoms with E-state index in [9.17, 15) is 5.11 Å². The van der Waals surface area contributed by atoms with Gasteiger partial charge in [0.15, 0.2) is 0 Å². The summed E-state index contributed by atoms with van der Waals surface area (Å²) in [7, 11) is 0. The molecule has 0 aromatic heterocycles. The number of hydrogen-bond donors (Lipinski definition) is 2. The van der Waals surface area contributed by atoms with Crippen LogP contribution >= 0.6 is 11.6 Å². The second-order valence-electron chi connectivity index (χ2n) is 5.28. The van der Waals surface area contributed by atoms with Gasteiger partial charge in [0, 0.05) is 44.3 Å².